The number of hydrogen-bond acceptors (Lipinski definition) is 5. The van der Waals surface area contributed by atoms with Crippen molar-refractivity contribution in [1.82, 2.24) is 26.3 Å². The van der Waals surface area contributed by atoms with Gasteiger partial charge in [-0.05, 0) is 30.5 Å². The van der Waals surface area contributed by atoms with Crippen LogP contribution in [0, 0.1) is 0 Å². The van der Waals surface area contributed by atoms with E-state index >= 15 is 0 Å². The minimum Gasteiger partial charge on any atom is -0.351 e. The Morgan fingerprint density at radius 2 is 1.60 bits per heavy atom. The molecule has 5 rings (SSSR count). The summed E-state index contributed by atoms with van der Waals surface area (Å²) in [6.07, 6.45) is 6.29. The van der Waals surface area contributed by atoms with Crippen molar-refractivity contribution in [3.63, 3.8) is 0 Å². The van der Waals surface area contributed by atoms with Gasteiger partial charge < -0.3 is 26.3 Å². The van der Waals surface area contributed by atoms with Crippen molar-refractivity contribution in [2.24, 2.45) is 0 Å². The van der Waals surface area contributed by atoms with Crippen LogP contribution in [0.15, 0.2) is 72.3 Å². The summed E-state index contributed by atoms with van der Waals surface area (Å²) in [6.45, 7) is 0.314. The maximum atomic E-state index is 13.7. The first kappa shape index (κ1) is 28.8. The van der Waals surface area contributed by atoms with E-state index in [1.807, 2.05) is 54.6 Å². The summed E-state index contributed by atoms with van der Waals surface area (Å²) in [5.74, 6) is -3.07. The van der Waals surface area contributed by atoms with Crippen molar-refractivity contribution in [1.29, 1.82) is 0 Å². The number of carbonyl (C=O) groups is 5. The van der Waals surface area contributed by atoms with Gasteiger partial charge in [-0.2, -0.15) is 0 Å². The summed E-state index contributed by atoms with van der Waals surface area (Å²) in [5.41, 5.74) is 2.19. The second kappa shape index (κ2) is 13.3. The van der Waals surface area contributed by atoms with E-state index in [9.17, 15) is 24.0 Å². The quantitative estimate of drug-likeness (QED) is 0.225. The van der Waals surface area contributed by atoms with E-state index < -0.39 is 35.6 Å². The number of Topliss-reactive ketones (excluding diaryl/α,β-unsaturated/α-hetero) is 1. The Morgan fingerprint density at radius 3 is 2.31 bits per heavy atom. The lowest BCUT2D eigenvalue weighted by molar-refractivity contribution is -0.140. The van der Waals surface area contributed by atoms with Crippen LogP contribution in [-0.2, 0) is 25.6 Å². The van der Waals surface area contributed by atoms with Gasteiger partial charge in [0.15, 0.2) is 0 Å². The normalized spacial score (nSPS) is 16.7. The fraction of sp³-hybridized carbons (Fsp3) is 0.344. The van der Waals surface area contributed by atoms with Crippen LogP contribution < -0.4 is 21.3 Å². The average molecular weight is 570 g/mol. The third kappa shape index (κ3) is 7.12. The Kier molecular flexibility index (Phi) is 9.11. The van der Waals surface area contributed by atoms with E-state index in [4.69, 9.17) is 0 Å². The van der Waals surface area contributed by atoms with E-state index in [1.165, 1.54) is 0 Å². The van der Waals surface area contributed by atoms with Crippen molar-refractivity contribution in [2.45, 2.75) is 63.1 Å². The molecule has 1 fully saturated rings. The average Bonchev–Trinajstić information content (AvgIpc) is 3.63. The van der Waals surface area contributed by atoms with Gasteiger partial charge in [-0.25, -0.2) is 0 Å². The number of ketones is 1. The van der Waals surface area contributed by atoms with E-state index in [-0.39, 0.29) is 30.5 Å². The van der Waals surface area contributed by atoms with Gasteiger partial charge in [0.1, 0.15) is 17.8 Å². The van der Waals surface area contributed by atoms with Crippen LogP contribution in [0.5, 0.6) is 0 Å². The Labute approximate surface area is 243 Å². The molecule has 2 atom stereocenters. The molecule has 2 aliphatic rings. The molecule has 10 nitrogen and oxygen atoms in total. The highest BCUT2D eigenvalue weighted by molar-refractivity contribution is 6.38. The summed E-state index contributed by atoms with van der Waals surface area (Å²) in [4.78, 5) is 68.7. The first-order chi connectivity index (χ1) is 20.4. The molecule has 1 aliphatic carbocycles. The highest BCUT2D eigenvalue weighted by Gasteiger charge is 2.34. The highest BCUT2D eigenvalue weighted by atomic mass is 16.2. The molecular formula is C32H35N5O5. The molecule has 3 aromatic rings. The number of benzene rings is 2. The van der Waals surface area contributed by atoms with Gasteiger partial charge in [0.25, 0.3) is 11.8 Å². The summed E-state index contributed by atoms with van der Waals surface area (Å²) in [5, 5.41) is 11.8. The van der Waals surface area contributed by atoms with Crippen LogP contribution in [0.3, 0.4) is 0 Å². The number of para-hydroxylation sites is 1. The number of amides is 4. The third-order valence-corrected chi connectivity index (χ3v) is 7.80. The van der Waals surface area contributed by atoms with Crippen molar-refractivity contribution >= 4 is 40.3 Å². The lowest BCUT2D eigenvalue weighted by atomic mass is 9.94. The van der Waals surface area contributed by atoms with E-state index in [2.05, 4.69) is 26.3 Å². The van der Waals surface area contributed by atoms with Crippen molar-refractivity contribution in [2.75, 3.05) is 6.54 Å². The number of H-pyrrole nitrogens is 1. The highest BCUT2D eigenvalue weighted by Crippen LogP contribution is 2.18. The number of rotatable bonds is 11. The van der Waals surface area contributed by atoms with Crippen LogP contribution in [-0.4, -0.2) is 59.1 Å². The molecule has 42 heavy (non-hydrogen) atoms. The monoisotopic (exact) mass is 569 g/mol. The minimum atomic E-state index is -1.28. The Hall–Kier alpha value is -4.73. The molecule has 4 amide bonds. The van der Waals surface area contributed by atoms with Gasteiger partial charge in [-0.3, -0.25) is 24.0 Å². The molecule has 1 aromatic heterocycles. The molecule has 1 saturated carbocycles. The zero-order valence-corrected chi connectivity index (χ0v) is 23.3. The Bertz CT molecular complexity index is 1470. The molecule has 5 N–H and O–H groups in total. The van der Waals surface area contributed by atoms with Crippen LogP contribution in [0.4, 0.5) is 0 Å². The summed E-state index contributed by atoms with van der Waals surface area (Å²) >= 11 is 0. The summed E-state index contributed by atoms with van der Waals surface area (Å²) < 4.78 is 0. The predicted molar refractivity (Wildman–Crippen MR) is 157 cm³/mol. The van der Waals surface area contributed by atoms with E-state index in [0.29, 0.717) is 12.1 Å². The van der Waals surface area contributed by atoms with Crippen molar-refractivity contribution in [3.05, 3.63) is 83.6 Å². The van der Waals surface area contributed by atoms with Crippen LogP contribution in [0.1, 0.15) is 54.6 Å². The van der Waals surface area contributed by atoms with Crippen molar-refractivity contribution < 1.29 is 24.0 Å². The number of aromatic nitrogens is 1. The second-order valence-corrected chi connectivity index (χ2v) is 10.9. The zero-order chi connectivity index (χ0) is 29.5. The molecule has 2 aromatic carbocycles. The Balaban J connectivity index is 1.35. The fourth-order valence-corrected chi connectivity index (χ4v) is 5.50. The summed E-state index contributed by atoms with van der Waals surface area (Å²) in [6, 6.07) is 15.9. The first-order valence-corrected chi connectivity index (χ1v) is 14.4. The molecule has 1 unspecified atom stereocenters. The number of nitrogens with one attached hydrogen (secondary N) is 5. The maximum Gasteiger partial charge on any atom is 0.289 e. The predicted octanol–water partition coefficient (Wildman–Crippen LogP) is 2.46. The molecule has 2 heterocycles. The van der Waals surface area contributed by atoms with Crippen LogP contribution >= 0.6 is 0 Å². The van der Waals surface area contributed by atoms with Crippen LogP contribution in [0.2, 0.25) is 0 Å². The van der Waals surface area contributed by atoms with Gasteiger partial charge in [0, 0.05) is 41.9 Å². The van der Waals surface area contributed by atoms with Gasteiger partial charge in [0.2, 0.25) is 17.6 Å². The molecule has 218 valence electrons. The van der Waals surface area contributed by atoms with Crippen molar-refractivity contribution in [3.8, 4) is 0 Å². The SMILES string of the molecule is O=C(NC1CCCCC1)C(=O)C(CC1=CCNC1=O)NC(=O)[C@H](Cc1ccccc1)NC(=O)c1cc2ccccc2[nH]1. The third-order valence-electron chi connectivity index (χ3n) is 7.80. The van der Waals surface area contributed by atoms with E-state index in [0.717, 1.165) is 48.6 Å². The number of carbonyl (C=O) groups excluding carboxylic acids is 5. The number of hydrogen-bond donors (Lipinski definition) is 5. The zero-order valence-electron chi connectivity index (χ0n) is 23.3. The smallest absolute Gasteiger partial charge is 0.289 e. The van der Waals surface area contributed by atoms with Gasteiger partial charge >= 0.3 is 0 Å². The number of aromatic amines is 1. The molecule has 1 aliphatic heterocycles. The summed E-state index contributed by atoms with van der Waals surface area (Å²) in [7, 11) is 0. The second-order valence-electron chi connectivity index (χ2n) is 10.9. The van der Waals surface area contributed by atoms with E-state index in [1.54, 1.807) is 12.1 Å². The largest absolute Gasteiger partial charge is 0.351 e. The fourth-order valence-electron chi connectivity index (χ4n) is 5.50. The first-order valence-electron chi connectivity index (χ1n) is 14.4. The lowest BCUT2D eigenvalue weighted by Gasteiger charge is -2.25. The molecule has 0 radical (unpaired) electrons. The van der Waals surface area contributed by atoms with Gasteiger partial charge in [0.05, 0.1) is 0 Å². The standard InChI is InChI=1S/C32H35N5O5/c38-28(32(42)34-23-12-5-2-6-13-23)25(19-22-15-16-33-29(22)39)36-30(40)26(17-20-9-3-1-4-10-20)37-31(41)27-18-21-11-7-8-14-24(21)35-27/h1,3-4,7-11,14-15,18,23,25-26,35H,2,5-6,12-13,16-17,19H2,(H,33,39)(H,34,42)(H,36,40)(H,37,41)/t25?,26-/m0/s1. The topological polar surface area (TPSA) is 149 Å². The number of fused-ring (bicyclic) bond motifs is 1. The minimum absolute atomic E-state index is 0.0954. The molecule has 10 heteroatoms. The molecule has 0 saturated heterocycles. The van der Waals surface area contributed by atoms with Gasteiger partial charge in [-0.15, -0.1) is 0 Å². The lowest BCUT2D eigenvalue weighted by Crippen LogP contribution is -2.55. The molecule has 0 spiro atoms. The maximum absolute atomic E-state index is 13.7. The molecule has 0 bridgehead atoms. The van der Waals surface area contributed by atoms with Gasteiger partial charge in [-0.1, -0.05) is 73.9 Å². The Morgan fingerprint density at radius 1 is 0.857 bits per heavy atom. The van der Waals surface area contributed by atoms with Crippen LogP contribution in [0.25, 0.3) is 10.9 Å². The molecular weight excluding hydrogens is 534 g/mol.